The molecule has 0 radical (unpaired) electrons. The monoisotopic (exact) mass is 289 g/mol. The SMILES string of the molecule is Cc1cc(N)ncc1C=C(CN)B1OC(C)(C)C(C)(C)O1. The van der Waals surface area contributed by atoms with Crippen LogP contribution in [0.3, 0.4) is 0 Å². The van der Waals surface area contributed by atoms with Crippen molar-refractivity contribution in [2.45, 2.75) is 45.8 Å². The molecule has 2 heterocycles. The van der Waals surface area contributed by atoms with E-state index in [0.29, 0.717) is 12.4 Å². The van der Waals surface area contributed by atoms with E-state index in [1.807, 2.05) is 46.8 Å². The molecule has 6 heteroatoms. The first kappa shape index (κ1) is 16.0. The third-order valence-corrected chi connectivity index (χ3v) is 4.31. The molecule has 2 rings (SSSR count). The average Bonchev–Trinajstić information content (AvgIpc) is 2.57. The molecule has 1 aromatic rings. The van der Waals surface area contributed by atoms with Crippen LogP contribution in [0, 0.1) is 6.92 Å². The summed E-state index contributed by atoms with van der Waals surface area (Å²) in [5.74, 6) is 0.509. The van der Waals surface area contributed by atoms with Crippen molar-refractivity contribution in [3.63, 3.8) is 0 Å². The molecule has 5 nitrogen and oxygen atoms in total. The molecular weight excluding hydrogens is 265 g/mol. The van der Waals surface area contributed by atoms with Crippen LogP contribution in [0.2, 0.25) is 0 Å². The van der Waals surface area contributed by atoms with Crippen molar-refractivity contribution in [1.29, 1.82) is 0 Å². The third kappa shape index (κ3) is 3.12. The van der Waals surface area contributed by atoms with E-state index in [2.05, 4.69) is 4.98 Å². The van der Waals surface area contributed by atoms with Gasteiger partial charge in [0.1, 0.15) is 5.82 Å². The van der Waals surface area contributed by atoms with Crippen molar-refractivity contribution in [3.05, 3.63) is 28.9 Å². The summed E-state index contributed by atoms with van der Waals surface area (Å²) in [7, 11) is -0.433. The normalized spacial score (nSPS) is 20.9. The predicted molar refractivity (Wildman–Crippen MR) is 86.5 cm³/mol. The van der Waals surface area contributed by atoms with E-state index < -0.39 is 7.12 Å². The highest BCUT2D eigenvalue weighted by atomic mass is 16.7. The molecule has 114 valence electrons. The quantitative estimate of drug-likeness (QED) is 0.831. The molecule has 0 bridgehead atoms. The summed E-state index contributed by atoms with van der Waals surface area (Å²) < 4.78 is 12.1. The van der Waals surface area contributed by atoms with E-state index >= 15 is 0 Å². The Kier molecular flexibility index (Phi) is 4.15. The van der Waals surface area contributed by atoms with Crippen LogP contribution in [0.5, 0.6) is 0 Å². The van der Waals surface area contributed by atoms with Gasteiger partial charge in [-0.1, -0.05) is 6.08 Å². The molecular formula is C15H24BN3O2. The van der Waals surface area contributed by atoms with Gasteiger partial charge < -0.3 is 20.8 Å². The summed E-state index contributed by atoms with van der Waals surface area (Å²) in [5, 5.41) is 0. The largest absolute Gasteiger partial charge is 0.491 e. The van der Waals surface area contributed by atoms with E-state index in [1.54, 1.807) is 6.20 Å². The lowest BCUT2D eigenvalue weighted by molar-refractivity contribution is 0.00578. The Morgan fingerprint density at radius 1 is 1.29 bits per heavy atom. The van der Waals surface area contributed by atoms with Gasteiger partial charge in [0.2, 0.25) is 0 Å². The van der Waals surface area contributed by atoms with Crippen molar-refractivity contribution >= 4 is 19.0 Å². The molecule has 21 heavy (non-hydrogen) atoms. The highest BCUT2D eigenvalue weighted by Gasteiger charge is 2.52. The Morgan fingerprint density at radius 2 is 1.86 bits per heavy atom. The van der Waals surface area contributed by atoms with Gasteiger partial charge in [-0.2, -0.15) is 0 Å². The van der Waals surface area contributed by atoms with Crippen LogP contribution in [0.1, 0.15) is 38.8 Å². The topological polar surface area (TPSA) is 83.4 Å². The van der Waals surface area contributed by atoms with Gasteiger partial charge >= 0.3 is 7.12 Å². The Labute approximate surface area is 126 Å². The summed E-state index contributed by atoms with van der Waals surface area (Å²) in [6, 6.07) is 1.84. The van der Waals surface area contributed by atoms with Gasteiger partial charge in [-0.15, -0.1) is 0 Å². The first-order valence-electron chi connectivity index (χ1n) is 7.14. The predicted octanol–water partition coefficient (Wildman–Crippen LogP) is 1.95. The highest BCUT2D eigenvalue weighted by Crippen LogP contribution is 2.38. The van der Waals surface area contributed by atoms with E-state index in [9.17, 15) is 0 Å². The smallest absolute Gasteiger partial charge is 0.400 e. The van der Waals surface area contributed by atoms with Crippen LogP contribution < -0.4 is 11.5 Å². The molecule has 0 aliphatic carbocycles. The Hall–Kier alpha value is -1.37. The molecule has 1 fully saturated rings. The van der Waals surface area contributed by atoms with Crippen LogP contribution in [0.4, 0.5) is 5.82 Å². The lowest BCUT2D eigenvalue weighted by Crippen LogP contribution is -2.41. The summed E-state index contributed by atoms with van der Waals surface area (Å²) >= 11 is 0. The van der Waals surface area contributed by atoms with Gasteiger partial charge in [-0.25, -0.2) is 4.98 Å². The lowest BCUT2D eigenvalue weighted by Gasteiger charge is -2.32. The number of nitrogens with two attached hydrogens (primary N) is 2. The number of hydrogen-bond donors (Lipinski definition) is 2. The zero-order valence-corrected chi connectivity index (χ0v) is 13.4. The first-order valence-corrected chi connectivity index (χ1v) is 7.14. The first-order chi connectivity index (χ1) is 9.66. The van der Waals surface area contributed by atoms with Crippen LogP contribution in [0.25, 0.3) is 6.08 Å². The summed E-state index contributed by atoms with van der Waals surface area (Å²) in [6.07, 6.45) is 3.72. The molecule has 1 saturated heterocycles. The Balaban J connectivity index is 2.31. The maximum Gasteiger partial charge on any atom is 0.491 e. The fraction of sp³-hybridized carbons (Fsp3) is 0.533. The Bertz CT molecular complexity index is 554. The van der Waals surface area contributed by atoms with E-state index in [1.165, 1.54) is 0 Å². The van der Waals surface area contributed by atoms with Crippen LogP contribution >= 0.6 is 0 Å². The van der Waals surface area contributed by atoms with Gasteiger partial charge in [-0.3, -0.25) is 0 Å². The number of aromatic nitrogens is 1. The number of nitrogens with zero attached hydrogens (tertiary/aromatic N) is 1. The number of anilines is 1. The van der Waals surface area contributed by atoms with Crippen LogP contribution in [-0.4, -0.2) is 29.8 Å². The minimum Gasteiger partial charge on any atom is -0.400 e. The van der Waals surface area contributed by atoms with Gasteiger partial charge in [0.25, 0.3) is 0 Å². The van der Waals surface area contributed by atoms with Crippen molar-refractivity contribution in [3.8, 4) is 0 Å². The van der Waals surface area contributed by atoms with Crippen molar-refractivity contribution < 1.29 is 9.31 Å². The number of aryl methyl sites for hydroxylation is 1. The number of hydrogen-bond acceptors (Lipinski definition) is 5. The minimum atomic E-state index is -0.433. The van der Waals surface area contributed by atoms with Crippen molar-refractivity contribution in [2.24, 2.45) is 5.73 Å². The Morgan fingerprint density at radius 3 is 2.33 bits per heavy atom. The van der Waals surface area contributed by atoms with Gasteiger partial charge in [-0.05, 0) is 57.3 Å². The zero-order chi connectivity index (χ0) is 15.8. The van der Waals surface area contributed by atoms with Gasteiger partial charge in [0.15, 0.2) is 0 Å². The van der Waals surface area contributed by atoms with Crippen LogP contribution in [0.15, 0.2) is 17.7 Å². The second-order valence-electron chi connectivity index (χ2n) is 6.48. The minimum absolute atomic E-state index is 0.362. The third-order valence-electron chi connectivity index (χ3n) is 4.31. The number of pyridine rings is 1. The zero-order valence-electron chi connectivity index (χ0n) is 13.4. The van der Waals surface area contributed by atoms with Crippen molar-refractivity contribution in [1.82, 2.24) is 4.98 Å². The maximum atomic E-state index is 6.04. The molecule has 4 N–H and O–H groups in total. The molecule has 1 aliphatic heterocycles. The molecule has 0 aromatic carbocycles. The molecule has 1 aromatic heterocycles. The number of nitrogen functional groups attached to an aromatic ring is 1. The maximum absolute atomic E-state index is 6.04. The molecule has 0 amide bonds. The fourth-order valence-electron chi connectivity index (χ4n) is 2.16. The van der Waals surface area contributed by atoms with Crippen molar-refractivity contribution in [2.75, 3.05) is 12.3 Å². The summed E-state index contributed by atoms with van der Waals surface area (Å²) in [6.45, 7) is 10.4. The standard InChI is InChI=1S/C15H24BN3O2/c1-10-6-13(18)19-9-11(10)7-12(8-17)16-20-14(2,3)15(4,5)21-16/h6-7,9H,8,17H2,1-5H3,(H2,18,19). The second kappa shape index (κ2) is 5.44. The molecule has 0 saturated carbocycles. The highest BCUT2D eigenvalue weighted by molar-refractivity contribution is 6.55. The van der Waals surface area contributed by atoms with E-state index in [0.717, 1.165) is 16.6 Å². The fourth-order valence-corrected chi connectivity index (χ4v) is 2.16. The van der Waals surface area contributed by atoms with E-state index in [-0.39, 0.29) is 11.2 Å². The van der Waals surface area contributed by atoms with E-state index in [4.69, 9.17) is 20.8 Å². The van der Waals surface area contributed by atoms with Crippen LogP contribution in [-0.2, 0) is 9.31 Å². The summed E-state index contributed by atoms with van der Waals surface area (Å²) in [4.78, 5) is 4.12. The number of rotatable bonds is 3. The average molecular weight is 289 g/mol. The summed E-state index contributed by atoms with van der Waals surface area (Å²) in [5.41, 5.74) is 13.7. The molecule has 1 aliphatic rings. The second-order valence-corrected chi connectivity index (χ2v) is 6.48. The molecule has 0 atom stereocenters. The van der Waals surface area contributed by atoms with Gasteiger partial charge in [0, 0.05) is 12.7 Å². The molecule has 0 unspecified atom stereocenters. The molecule has 0 spiro atoms. The van der Waals surface area contributed by atoms with Gasteiger partial charge in [0.05, 0.1) is 11.2 Å². The lowest BCUT2D eigenvalue weighted by atomic mass is 9.77.